The van der Waals surface area contributed by atoms with Crippen molar-refractivity contribution < 1.29 is 17.9 Å². The van der Waals surface area contributed by atoms with Crippen LogP contribution in [-0.2, 0) is 0 Å². The highest BCUT2D eigenvalue weighted by atomic mass is 32.2. The molecule has 0 aliphatic rings. The molecule has 0 unspecified atom stereocenters. The first-order valence-corrected chi connectivity index (χ1v) is 6.00. The zero-order valence-corrected chi connectivity index (χ0v) is 11.1. The topological polar surface area (TPSA) is 21.6 Å². The molecule has 0 N–H and O–H groups in total. The molecule has 0 heterocycles. The minimum absolute atomic E-state index is 0.00976. The minimum atomic E-state index is -4.66. The summed E-state index contributed by atoms with van der Waals surface area (Å²) in [5, 5.41) is 0. The number of hydrogen-bond donors (Lipinski definition) is 0. The number of halogens is 3. The third-order valence-electron chi connectivity index (χ3n) is 1.64. The van der Waals surface area contributed by atoms with Crippen molar-refractivity contribution in [3.8, 4) is 5.75 Å². The van der Waals surface area contributed by atoms with Gasteiger partial charge in [-0.2, -0.15) is 0 Å². The van der Waals surface area contributed by atoms with Crippen LogP contribution in [-0.4, -0.2) is 17.3 Å². The highest BCUT2D eigenvalue weighted by molar-refractivity contribution is 7.99. The fourth-order valence-electron chi connectivity index (χ4n) is 1.00. The summed E-state index contributed by atoms with van der Waals surface area (Å²) in [6.45, 7) is 6.07. The average molecular weight is 277 g/mol. The fourth-order valence-corrected chi connectivity index (χ4v) is 1.49. The highest BCUT2D eigenvalue weighted by Crippen LogP contribution is 2.25. The van der Waals surface area contributed by atoms with E-state index in [4.69, 9.17) is 0 Å². The van der Waals surface area contributed by atoms with Crippen molar-refractivity contribution in [1.29, 1.82) is 0 Å². The first-order chi connectivity index (χ1) is 8.16. The van der Waals surface area contributed by atoms with Gasteiger partial charge in [-0.3, -0.25) is 0 Å². The lowest BCUT2D eigenvalue weighted by Crippen LogP contribution is -2.17. The highest BCUT2D eigenvalue weighted by Gasteiger charge is 2.30. The zero-order valence-electron chi connectivity index (χ0n) is 10.3. The van der Waals surface area contributed by atoms with Crippen molar-refractivity contribution in [3.05, 3.63) is 29.8 Å². The van der Waals surface area contributed by atoms with Crippen LogP contribution < -0.4 is 4.74 Å². The summed E-state index contributed by atoms with van der Waals surface area (Å²) in [6, 6.07) is 5.56. The van der Waals surface area contributed by atoms with Crippen LogP contribution in [0.2, 0.25) is 0 Å². The summed E-state index contributed by atoms with van der Waals surface area (Å²) in [5.74, 6) is -0.233. The molecule has 18 heavy (non-hydrogen) atoms. The Morgan fingerprint density at radius 1 is 1.11 bits per heavy atom. The first-order valence-electron chi connectivity index (χ1n) is 5.23. The molecule has 0 saturated carbocycles. The number of hydrogen-bond acceptors (Lipinski definition) is 3. The van der Waals surface area contributed by atoms with Gasteiger partial charge in [0.25, 0.3) is 0 Å². The van der Waals surface area contributed by atoms with Crippen molar-refractivity contribution in [2.75, 3.05) is 0 Å². The Labute approximate surface area is 108 Å². The second-order valence-electron chi connectivity index (χ2n) is 4.56. The third-order valence-corrected chi connectivity index (χ3v) is 2.40. The third kappa shape index (κ3) is 6.54. The van der Waals surface area contributed by atoms with E-state index >= 15 is 0 Å². The molecule has 0 atom stereocenters. The molecule has 0 aromatic heterocycles. The van der Waals surface area contributed by atoms with Crippen LogP contribution in [0.3, 0.4) is 0 Å². The molecule has 0 aliphatic carbocycles. The number of benzene rings is 1. The van der Waals surface area contributed by atoms with E-state index in [1.165, 1.54) is 36.2 Å². The van der Waals surface area contributed by atoms with Gasteiger partial charge in [-0.05, 0) is 62.5 Å². The lowest BCUT2D eigenvalue weighted by atomic mass is 10.2. The van der Waals surface area contributed by atoms with E-state index in [2.05, 4.69) is 9.13 Å². The number of rotatable bonds is 3. The maximum absolute atomic E-state index is 11.9. The van der Waals surface area contributed by atoms with Crippen LogP contribution in [0.15, 0.2) is 28.7 Å². The summed E-state index contributed by atoms with van der Waals surface area (Å²) >= 11 is 1.40. The Morgan fingerprint density at radius 3 is 2.11 bits per heavy atom. The van der Waals surface area contributed by atoms with Gasteiger partial charge in [-0.15, -0.1) is 13.2 Å². The standard InChI is InChI=1S/C12H14F3NOS/c1-11(2,3)18-16-8-9-4-6-10(7-5-9)17-12(13,14)15/h4-8H,1-3H3. The molecule has 1 aromatic carbocycles. The maximum atomic E-state index is 11.9. The molecule has 0 amide bonds. The molecule has 1 rings (SSSR count). The SMILES string of the molecule is CC(C)(C)SN=Cc1ccc(OC(F)(F)F)cc1. The van der Waals surface area contributed by atoms with E-state index < -0.39 is 6.36 Å². The van der Waals surface area contributed by atoms with Gasteiger partial charge in [0.1, 0.15) is 5.75 Å². The molecule has 0 aliphatic heterocycles. The monoisotopic (exact) mass is 277 g/mol. The van der Waals surface area contributed by atoms with Crippen LogP contribution in [0.25, 0.3) is 0 Å². The summed E-state index contributed by atoms with van der Waals surface area (Å²) in [7, 11) is 0. The van der Waals surface area contributed by atoms with Crippen molar-refractivity contribution in [2.24, 2.45) is 4.40 Å². The molecule has 0 fully saturated rings. The molecule has 1 aromatic rings. The summed E-state index contributed by atoms with van der Waals surface area (Å²) < 4.78 is 43.7. The molecule has 0 saturated heterocycles. The first kappa shape index (κ1) is 14.9. The molecular formula is C12H14F3NOS. The number of nitrogens with zero attached hydrogens (tertiary/aromatic N) is 1. The van der Waals surface area contributed by atoms with Gasteiger partial charge in [0.2, 0.25) is 0 Å². The summed E-state index contributed by atoms with van der Waals surface area (Å²) in [6.07, 6.45) is -3.05. The van der Waals surface area contributed by atoms with Crippen LogP contribution in [0, 0.1) is 0 Å². The van der Waals surface area contributed by atoms with E-state index in [1.54, 1.807) is 6.21 Å². The van der Waals surface area contributed by atoms with Crippen LogP contribution >= 0.6 is 11.9 Å². The molecule has 0 spiro atoms. The van der Waals surface area contributed by atoms with Gasteiger partial charge < -0.3 is 4.74 Å². The smallest absolute Gasteiger partial charge is 0.406 e. The second kappa shape index (κ2) is 5.65. The Hall–Kier alpha value is -1.17. The van der Waals surface area contributed by atoms with E-state index in [0.717, 1.165) is 5.56 Å². The van der Waals surface area contributed by atoms with Gasteiger partial charge >= 0.3 is 6.36 Å². The van der Waals surface area contributed by atoms with Crippen LogP contribution in [0.4, 0.5) is 13.2 Å². The van der Waals surface area contributed by atoms with Gasteiger partial charge in [0.05, 0.1) is 0 Å². The Kier molecular flexibility index (Phi) is 4.67. The Morgan fingerprint density at radius 2 is 1.67 bits per heavy atom. The quantitative estimate of drug-likeness (QED) is 0.601. The predicted octanol–water partition coefficient (Wildman–Crippen LogP) is 4.45. The summed E-state index contributed by atoms with van der Waals surface area (Å²) in [4.78, 5) is 0. The van der Waals surface area contributed by atoms with E-state index in [9.17, 15) is 13.2 Å². The van der Waals surface area contributed by atoms with E-state index in [1.807, 2.05) is 20.8 Å². The minimum Gasteiger partial charge on any atom is -0.406 e. The van der Waals surface area contributed by atoms with Crippen LogP contribution in [0.1, 0.15) is 26.3 Å². The zero-order chi connectivity index (χ0) is 13.8. The maximum Gasteiger partial charge on any atom is 0.573 e. The molecule has 2 nitrogen and oxygen atoms in total. The lowest BCUT2D eigenvalue weighted by molar-refractivity contribution is -0.274. The number of alkyl halides is 3. The molecule has 0 bridgehead atoms. The van der Waals surface area contributed by atoms with Gasteiger partial charge in [0, 0.05) is 11.0 Å². The van der Waals surface area contributed by atoms with Gasteiger partial charge in [-0.1, -0.05) is 0 Å². The van der Waals surface area contributed by atoms with Crippen molar-refractivity contribution in [1.82, 2.24) is 0 Å². The Bertz CT molecular complexity index is 407. The fraction of sp³-hybridized carbons (Fsp3) is 0.417. The normalized spacial score (nSPS) is 13.0. The lowest BCUT2D eigenvalue weighted by Gasteiger charge is -2.12. The predicted molar refractivity (Wildman–Crippen MR) is 68.1 cm³/mol. The Balaban J connectivity index is 2.61. The molecule has 0 radical (unpaired) electrons. The van der Waals surface area contributed by atoms with Gasteiger partial charge in [-0.25, -0.2) is 4.40 Å². The van der Waals surface area contributed by atoms with Gasteiger partial charge in [0.15, 0.2) is 0 Å². The molecular weight excluding hydrogens is 263 g/mol. The van der Waals surface area contributed by atoms with Crippen molar-refractivity contribution >= 4 is 18.2 Å². The largest absolute Gasteiger partial charge is 0.573 e. The van der Waals surface area contributed by atoms with Crippen molar-refractivity contribution in [2.45, 2.75) is 31.9 Å². The number of ether oxygens (including phenoxy) is 1. The van der Waals surface area contributed by atoms with Crippen molar-refractivity contribution in [3.63, 3.8) is 0 Å². The molecule has 6 heteroatoms. The molecule has 100 valence electrons. The average Bonchev–Trinajstić information content (AvgIpc) is 2.16. The van der Waals surface area contributed by atoms with Crippen LogP contribution in [0.5, 0.6) is 5.75 Å². The second-order valence-corrected chi connectivity index (χ2v) is 6.17. The summed E-state index contributed by atoms with van der Waals surface area (Å²) in [5.41, 5.74) is 0.723. The van der Waals surface area contributed by atoms with E-state index in [0.29, 0.717) is 0 Å². The van der Waals surface area contributed by atoms with E-state index in [-0.39, 0.29) is 10.5 Å².